The number of nitrogens with zero attached hydrogens (tertiary/aromatic N) is 2. The van der Waals surface area contributed by atoms with Crippen LogP contribution in [0.5, 0.6) is 0 Å². The zero-order valence-electron chi connectivity index (χ0n) is 10.7. The molecule has 0 unspecified atom stereocenters. The molecule has 0 N–H and O–H groups in total. The van der Waals surface area contributed by atoms with Gasteiger partial charge in [-0.05, 0) is 18.1 Å². The monoisotopic (exact) mass is 256 g/mol. The summed E-state index contributed by atoms with van der Waals surface area (Å²) in [4.78, 5) is 15.6. The van der Waals surface area contributed by atoms with Gasteiger partial charge in [0, 0.05) is 6.42 Å². The van der Waals surface area contributed by atoms with Gasteiger partial charge in [0.1, 0.15) is 5.78 Å². The van der Waals surface area contributed by atoms with E-state index >= 15 is 0 Å². The molecule has 1 aromatic heterocycles. The van der Waals surface area contributed by atoms with Crippen molar-refractivity contribution in [3.8, 4) is 0 Å². The molecule has 0 saturated heterocycles. The van der Waals surface area contributed by atoms with Crippen molar-refractivity contribution in [2.24, 2.45) is 5.92 Å². The lowest BCUT2D eigenvalue weighted by Gasteiger charge is -2.00. The van der Waals surface area contributed by atoms with E-state index in [1.165, 1.54) is 0 Å². The first-order chi connectivity index (χ1) is 8.11. The van der Waals surface area contributed by atoms with E-state index in [0.29, 0.717) is 24.1 Å². The van der Waals surface area contributed by atoms with Crippen molar-refractivity contribution in [2.45, 2.75) is 45.8 Å². The fraction of sp³-hybridized carbons (Fsp3) is 0.750. The first kappa shape index (κ1) is 14.2. The Morgan fingerprint density at radius 2 is 2.24 bits per heavy atom. The molecule has 0 atom stereocenters. The first-order valence-corrected chi connectivity index (χ1v) is 7.18. The molecular weight excluding hydrogens is 236 g/mol. The number of aromatic nitrogens is 2. The minimum Gasteiger partial charge on any atom is -0.339 e. The van der Waals surface area contributed by atoms with Gasteiger partial charge in [-0.25, -0.2) is 0 Å². The van der Waals surface area contributed by atoms with Gasteiger partial charge in [0.25, 0.3) is 0 Å². The topological polar surface area (TPSA) is 56.0 Å². The smallest absolute Gasteiger partial charge is 0.234 e. The molecule has 1 aromatic rings. The molecule has 0 aliphatic carbocycles. The van der Waals surface area contributed by atoms with Crippen molar-refractivity contribution in [1.82, 2.24) is 10.1 Å². The maximum atomic E-state index is 11.4. The summed E-state index contributed by atoms with van der Waals surface area (Å²) < 4.78 is 5.04. The van der Waals surface area contributed by atoms with E-state index in [0.717, 1.165) is 17.9 Å². The maximum Gasteiger partial charge on any atom is 0.234 e. The number of carbonyl (C=O) groups excluding carboxylic acids is 1. The Bertz CT molecular complexity index is 350. The van der Waals surface area contributed by atoms with Gasteiger partial charge in [-0.2, -0.15) is 16.7 Å². The van der Waals surface area contributed by atoms with Crippen LogP contribution in [0.4, 0.5) is 0 Å². The number of hydrogen-bond acceptors (Lipinski definition) is 5. The van der Waals surface area contributed by atoms with Crippen LogP contribution in [-0.4, -0.2) is 21.7 Å². The summed E-state index contributed by atoms with van der Waals surface area (Å²) in [6.45, 7) is 6.34. The molecule has 1 heterocycles. The maximum absolute atomic E-state index is 11.4. The van der Waals surface area contributed by atoms with E-state index in [1.807, 2.05) is 6.92 Å². The lowest BCUT2D eigenvalue weighted by atomic mass is 10.2. The molecule has 0 saturated carbocycles. The van der Waals surface area contributed by atoms with Gasteiger partial charge in [0.2, 0.25) is 5.89 Å². The van der Waals surface area contributed by atoms with Gasteiger partial charge in [0.15, 0.2) is 5.82 Å². The summed E-state index contributed by atoms with van der Waals surface area (Å²) >= 11 is 1.79. The SMILES string of the molecule is CCCC(=O)Cc1nc(CSCC(C)C)no1. The van der Waals surface area contributed by atoms with Crippen LogP contribution in [0.1, 0.15) is 45.3 Å². The fourth-order valence-corrected chi connectivity index (χ4v) is 2.23. The van der Waals surface area contributed by atoms with Gasteiger partial charge >= 0.3 is 0 Å². The average molecular weight is 256 g/mol. The van der Waals surface area contributed by atoms with E-state index in [1.54, 1.807) is 11.8 Å². The normalized spacial score (nSPS) is 11.1. The molecule has 0 aliphatic rings. The number of carbonyl (C=O) groups is 1. The highest BCUT2D eigenvalue weighted by Crippen LogP contribution is 2.13. The summed E-state index contributed by atoms with van der Waals surface area (Å²) in [5.74, 6) is 3.80. The third-order valence-electron chi connectivity index (χ3n) is 2.07. The zero-order chi connectivity index (χ0) is 12.7. The van der Waals surface area contributed by atoms with Crippen molar-refractivity contribution >= 4 is 17.5 Å². The summed E-state index contributed by atoms with van der Waals surface area (Å²) in [5, 5.41) is 3.87. The van der Waals surface area contributed by atoms with Crippen LogP contribution in [0.25, 0.3) is 0 Å². The average Bonchev–Trinajstić information content (AvgIpc) is 2.65. The zero-order valence-corrected chi connectivity index (χ0v) is 11.5. The first-order valence-electron chi connectivity index (χ1n) is 6.02. The minimum absolute atomic E-state index is 0.164. The molecule has 17 heavy (non-hydrogen) atoms. The second kappa shape index (κ2) is 7.48. The number of Topliss-reactive ketones (excluding diaryl/α,β-unsaturated/α-hetero) is 1. The van der Waals surface area contributed by atoms with E-state index in [2.05, 4.69) is 24.0 Å². The Morgan fingerprint density at radius 1 is 1.47 bits per heavy atom. The second-order valence-corrected chi connectivity index (χ2v) is 5.51. The van der Waals surface area contributed by atoms with Crippen LogP contribution >= 0.6 is 11.8 Å². The van der Waals surface area contributed by atoms with Gasteiger partial charge in [0.05, 0.1) is 12.2 Å². The molecule has 96 valence electrons. The molecule has 4 nitrogen and oxygen atoms in total. The molecule has 1 rings (SSSR count). The number of ketones is 1. The van der Waals surface area contributed by atoms with Crippen LogP contribution < -0.4 is 0 Å². The molecule has 0 amide bonds. The van der Waals surface area contributed by atoms with E-state index in [-0.39, 0.29) is 12.2 Å². The van der Waals surface area contributed by atoms with Crippen LogP contribution in [0.15, 0.2) is 4.52 Å². The lowest BCUT2D eigenvalue weighted by Crippen LogP contribution is -2.02. The van der Waals surface area contributed by atoms with E-state index in [9.17, 15) is 4.79 Å². The Morgan fingerprint density at radius 3 is 2.88 bits per heavy atom. The Kier molecular flexibility index (Phi) is 6.26. The highest BCUT2D eigenvalue weighted by Gasteiger charge is 2.10. The summed E-state index contributed by atoms with van der Waals surface area (Å²) in [7, 11) is 0. The minimum atomic E-state index is 0.164. The van der Waals surface area contributed by atoms with Gasteiger partial charge < -0.3 is 4.52 Å². The number of hydrogen-bond donors (Lipinski definition) is 0. The van der Waals surface area contributed by atoms with Gasteiger partial charge in [-0.15, -0.1) is 0 Å². The third kappa shape index (κ3) is 5.86. The molecule has 0 fully saturated rings. The predicted octanol–water partition coefficient (Wildman–Crippen LogP) is 2.87. The van der Waals surface area contributed by atoms with Crippen molar-refractivity contribution < 1.29 is 9.32 Å². The second-order valence-electron chi connectivity index (χ2n) is 4.48. The van der Waals surface area contributed by atoms with Crippen molar-refractivity contribution in [3.63, 3.8) is 0 Å². The summed E-state index contributed by atoms with van der Waals surface area (Å²) in [6, 6.07) is 0. The Labute approximate surface area is 107 Å². The molecule has 0 bridgehead atoms. The van der Waals surface area contributed by atoms with Crippen molar-refractivity contribution in [3.05, 3.63) is 11.7 Å². The van der Waals surface area contributed by atoms with Crippen molar-refractivity contribution in [1.29, 1.82) is 0 Å². The Hall–Kier alpha value is -0.840. The molecule has 0 aromatic carbocycles. The molecule has 5 heteroatoms. The fourth-order valence-electron chi connectivity index (χ4n) is 1.34. The largest absolute Gasteiger partial charge is 0.339 e. The summed E-state index contributed by atoms with van der Waals surface area (Å²) in [5.41, 5.74) is 0. The third-order valence-corrected chi connectivity index (χ3v) is 3.43. The number of thioether (sulfide) groups is 1. The predicted molar refractivity (Wildman–Crippen MR) is 68.9 cm³/mol. The molecule has 0 radical (unpaired) electrons. The lowest BCUT2D eigenvalue weighted by molar-refractivity contribution is -0.118. The highest BCUT2D eigenvalue weighted by molar-refractivity contribution is 7.98. The highest BCUT2D eigenvalue weighted by atomic mass is 32.2. The standard InChI is InChI=1S/C12H20N2O2S/c1-4-5-10(15)6-12-13-11(14-16-12)8-17-7-9(2)3/h9H,4-8H2,1-3H3. The van der Waals surface area contributed by atoms with Gasteiger partial charge in [-0.3, -0.25) is 4.79 Å². The van der Waals surface area contributed by atoms with E-state index in [4.69, 9.17) is 4.52 Å². The number of rotatable bonds is 8. The van der Waals surface area contributed by atoms with Crippen LogP contribution in [0.2, 0.25) is 0 Å². The van der Waals surface area contributed by atoms with Crippen LogP contribution in [0.3, 0.4) is 0 Å². The summed E-state index contributed by atoms with van der Waals surface area (Å²) in [6.07, 6.45) is 1.72. The quantitative estimate of drug-likeness (QED) is 0.716. The van der Waals surface area contributed by atoms with E-state index < -0.39 is 0 Å². The molecular formula is C12H20N2O2S. The molecule has 0 aliphatic heterocycles. The van der Waals surface area contributed by atoms with Crippen LogP contribution in [-0.2, 0) is 17.0 Å². The molecule has 0 spiro atoms. The van der Waals surface area contributed by atoms with Gasteiger partial charge in [-0.1, -0.05) is 25.9 Å². The Balaban J connectivity index is 2.34. The van der Waals surface area contributed by atoms with Crippen molar-refractivity contribution in [2.75, 3.05) is 5.75 Å². The van der Waals surface area contributed by atoms with Crippen LogP contribution in [0, 0.1) is 5.92 Å².